The fourth-order valence-electron chi connectivity index (χ4n) is 1.80. The van der Waals surface area contributed by atoms with Crippen molar-refractivity contribution in [3.63, 3.8) is 0 Å². The Morgan fingerprint density at radius 1 is 1.26 bits per heavy atom. The van der Waals surface area contributed by atoms with Crippen molar-refractivity contribution in [2.45, 2.75) is 32.1 Å². The maximum Gasteiger partial charge on any atom is 0.305 e. The normalized spacial score (nSPS) is 15.2. The Labute approximate surface area is 113 Å². The van der Waals surface area contributed by atoms with Crippen LogP contribution in [0.2, 0.25) is 0 Å². The summed E-state index contributed by atoms with van der Waals surface area (Å²) in [4.78, 5) is 24.1. The van der Waals surface area contributed by atoms with Crippen LogP contribution in [0.4, 0.5) is 0 Å². The molecule has 0 bridgehead atoms. The highest BCUT2D eigenvalue weighted by Crippen LogP contribution is 2.30. The number of carboxylic acid groups (broad SMARTS) is 1. The van der Waals surface area contributed by atoms with E-state index in [9.17, 15) is 18.0 Å². The molecule has 110 valence electrons. The number of sulfone groups is 1. The molecule has 0 heterocycles. The summed E-state index contributed by atoms with van der Waals surface area (Å²) in [5, 5.41) is 8.66. The molecule has 0 aromatic rings. The first-order chi connectivity index (χ1) is 8.78. The van der Waals surface area contributed by atoms with E-state index < -0.39 is 15.8 Å². The summed E-state index contributed by atoms with van der Waals surface area (Å²) >= 11 is 0. The molecule has 1 saturated carbocycles. The summed E-state index contributed by atoms with van der Waals surface area (Å²) in [7, 11) is -3.05. The van der Waals surface area contributed by atoms with Gasteiger partial charge in [0.2, 0.25) is 5.91 Å². The number of nitrogens with zero attached hydrogens (tertiary/aromatic N) is 1. The van der Waals surface area contributed by atoms with E-state index in [1.807, 2.05) is 0 Å². The molecule has 6 nitrogen and oxygen atoms in total. The summed E-state index contributed by atoms with van der Waals surface area (Å²) in [6.07, 6.45) is 3.71. The molecule has 0 spiro atoms. The Morgan fingerprint density at radius 2 is 1.89 bits per heavy atom. The predicted molar refractivity (Wildman–Crippen MR) is 70.5 cm³/mol. The molecule has 0 atom stereocenters. The third-order valence-electron chi connectivity index (χ3n) is 3.03. The maximum atomic E-state index is 11.9. The van der Waals surface area contributed by atoms with Crippen molar-refractivity contribution < 1.29 is 23.1 Å². The van der Waals surface area contributed by atoms with Gasteiger partial charge in [0.05, 0.1) is 12.2 Å². The number of carbonyl (C=O) groups is 2. The molecule has 0 aromatic carbocycles. The molecule has 0 radical (unpaired) electrons. The number of hydrogen-bond acceptors (Lipinski definition) is 4. The Hall–Kier alpha value is -1.11. The standard InChI is InChI=1S/C12H21NO5S/c1-19(17,18)8-2-3-11(14)13(7-6-12(15)16)9-10-4-5-10/h10H,2-9H2,1H3,(H,15,16). The molecule has 0 saturated heterocycles. The van der Waals surface area contributed by atoms with E-state index in [2.05, 4.69) is 0 Å². The first-order valence-corrected chi connectivity index (χ1v) is 8.51. The topological polar surface area (TPSA) is 91.8 Å². The summed E-state index contributed by atoms with van der Waals surface area (Å²) in [5.74, 6) is -0.580. The third kappa shape index (κ3) is 7.81. The van der Waals surface area contributed by atoms with Crippen molar-refractivity contribution in [1.82, 2.24) is 4.90 Å². The van der Waals surface area contributed by atoms with Gasteiger partial charge < -0.3 is 10.0 Å². The fraction of sp³-hybridized carbons (Fsp3) is 0.833. The molecule has 1 N–H and O–H groups in total. The van der Waals surface area contributed by atoms with E-state index in [4.69, 9.17) is 5.11 Å². The van der Waals surface area contributed by atoms with Crippen LogP contribution in [0.1, 0.15) is 32.1 Å². The summed E-state index contributed by atoms with van der Waals surface area (Å²) in [6, 6.07) is 0. The lowest BCUT2D eigenvalue weighted by molar-refractivity contribution is -0.138. The zero-order chi connectivity index (χ0) is 14.5. The van der Waals surface area contributed by atoms with Crippen LogP contribution < -0.4 is 0 Å². The van der Waals surface area contributed by atoms with E-state index in [0.717, 1.165) is 19.1 Å². The zero-order valence-electron chi connectivity index (χ0n) is 11.2. The fourth-order valence-corrected chi connectivity index (χ4v) is 2.47. The lowest BCUT2D eigenvalue weighted by Gasteiger charge is -2.21. The van der Waals surface area contributed by atoms with Gasteiger partial charge in [0, 0.05) is 25.8 Å². The van der Waals surface area contributed by atoms with Crippen molar-refractivity contribution in [1.29, 1.82) is 0 Å². The van der Waals surface area contributed by atoms with Crippen molar-refractivity contribution in [2.24, 2.45) is 5.92 Å². The van der Waals surface area contributed by atoms with E-state index in [1.165, 1.54) is 0 Å². The number of rotatable bonds is 9. The molecule has 7 heteroatoms. The van der Waals surface area contributed by atoms with Gasteiger partial charge in [-0.2, -0.15) is 0 Å². The summed E-state index contributed by atoms with van der Waals surface area (Å²) < 4.78 is 22.0. The Morgan fingerprint density at radius 3 is 2.37 bits per heavy atom. The number of amides is 1. The van der Waals surface area contributed by atoms with E-state index in [1.54, 1.807) is 4.90 Å². The van der Waals surface area contributed by atoms with Crippen molar-refractivity contribution in [3.05, 3.63) is 0 Å². The van der Waals surface area contributed by atoms with Crippen molar-refractivity contribution in [2.75, 3.05) is 25.1 Å². The van der Waals surface area contributed by atoms with Gasteiger partial charge in [-0.3, -0.25) is 9.59 Å². The average molecular weight is 291 g/mol. The minimum absolute atomic E-state index is 0.00502. The molecule has 19 heavy (non-hydrogen) atoms. The molecule has 1 rings (SSSR count). The first kappa shape index (κ1) is 15.9. The second kappa shape index (κ2) is 6.88. The smallest absolute Gasteiger partial charge is 0.305 e. The monoisotopic (exact) mass is 291 g/mol. The molecule has 0 unspecified atom stereocenters. The molecular formula is C12H21NO5S. The van der Waals surface area contributed by atoms with Crippen molar-refractivity contribution >= 4 is 21.7 Å². The van der Waals surface area contributed by atoms with Crippen LogP contribution in [0.15, 0.2) is 0 Å². The molecule has 1 amide bonds. The maximum absolute atomic E-state index is 11.9. The zero-order valence-corrected chi connectivity index (χ0v) is 12.0. The van der Waals surface area contributed by atoms with Gasteiger partial charge in [-0.05, 0) is 25.2 Å². The van der Waals surface area contributed by atoms with E-state index >= 15 is 0 Å². The van der Waals surface area contributed by atoms with Crippen LogP contribution in [0.5, 0.6) is 0 Å². The molecule has 1 fully saturated rings. The van der Waals surface area contributed by atoms with Gasteiger partial charge in [0.15, 0.2) is 0 Å². The minimum atomic E-state index is -3.05. The average Bonchev–Trinajstić information content (AvgIpc) is 3.05. The Kier molecular flexibility index (Phi) is 5.78. The highest BCUT2D eigenvalue weighted by molar-refractivity contribution is 7.90. The number of aliphatic carboxylic acids is 1. The summed E-state index contributed by atoms with van der Waals surface area (Å²) in [5.41, 5.74) is 0. The van der Waals surface area contributed by atoms with E-state index in [0.29, 0.717) is 18.9 Å². The minimum Gasteiger partial charge on any atom is -0.481 e. The Balaban J connectivity index is 2.38. The second-order valence-corrected chi connectivity index (χ2v) is 7.42. The number of carboxylic acids is 1. The third-order valence-corrected chi connectivity index (χ3v) is 4.06. The number of hydrogen-bond donors (Lipinski definition) is 1. The van der Waals surface area contributed by atoms with Crippen LogP contribution in [0.3, 0.4) is 0 Å². The van der Waals surface area contributed by atoms with Gasteiger partial charge in [0.1, 0.15) is 9.84 Å². The number of carbonyl (C=O) groups excluding carboxylic acids is 1. The first-order valence-electron chi connectivity index (χ1n) is 6.45. The van der Waals surface area contributed by atoms with Gasteiger partial charge in [-0.25, -0.2) is 8.42 Å². The molecule has 1 aliphatic rings. The molecule has 1 aliphatic carbocycles. The second-order valence-electron chi connectivity index (χ2n) is 5.16. The SMILES string of the molecule is CS(=O)(=O)CCCC(=O)N(CCC(=O)O)CC1CC1. The van der Waals surface area contributed by atoms with Crippen LogP contribution in [0.25, 0.3) is 0 Å². The largest absolute Gasteiger partial charge is 0.481 e. The van der Waals surface area contributed by atoms with E-state index in [-0.39, 0.29) is 31.0 Å². The van der Waals surface area contributed by atoms with Crippen LogP contribution >= 0.6 is 0 Å². The van der Waals surface area contributed by atoms with Gasteiger partial charge in [0.25, 0.3) is 0 Å². The highest BCUT2D eigenvalue weighted by Gasteiger charge is 2.26. The lowest BCUT2D eigenvalue weighted by Crippen LogP contribution is -2.34. The highest BCUT2D eigenvalue weighted by atomic mass is 32.2. The van der Waals surface area contributed by atoms with Gasteiger partial charge >= 0.3 is 5.97 Å². The lowest BCUT2D eigenvalue weighted by atomic mass is 10.2. The Bertz CT molecular complexity index is 427. The molecule has 0 aromatic heterocycles. The molecular weight excluding hydrogens is 270 g/mol. The van der Waals surface area contributed by atoms with Gasteiger partial charge in [-0.1, -0.05) is 0 Å². The predicted octanol–water partition coefficient (Wildman–Crippen LogP) is 0.524. The summed E-state index contributed by atoms with van der Waals surface area (Å²) in [6.45, 7) is 0.814. The quantitative estimate of drug-likeness (QED) is 0.669. The molecule has 0 aliphatic heterocycles. The van der Waals surface area contributed by atoms with Gasteiger partial charge in [-0.15, -0.1) is 0 Å². The van der Waals surface area contributed by atoms with Crippen LogP contribution in [-0.2, 0) is 19.4 Å². The van der Waals surface area contributed by atoms with Crippen LogP contribution in [-0.4, -0.2) is 55.4 Å². The van der Waals surface area contributed by atoms with Crippen molar-refractivity contribution in [3.8, 4) is 0 Å². The van der Waals surface area contributed by atoms with Crippen LogP contribution in [0, 0.1) is 5.92 Å².